The summed E-state index contributed by atoms with van der Waals surface area (Å²) in [5.74, 6) is -3.46. The van der Waals surface area contributed by atoms with Gasteiger partial charge >= 0.3 is 6.18 Å². The number of rotatable bonds is 8. The predicted octanol–water partition coefficient (Wildman–Crippen LogP) is 3.84. The number of nitrogens with zero attached hydrogens (tertiary/aromatic N) is 9. The summed E-state index contributed by atoms with van der Waals surface area (Å²) < 4.78 is 46.8. The van der Waals surface area contributed by atoms with Gasteiger partial charge in [0.25, 0.3) is 11.7 Å². The number of halogens is 3. The van der Waals surface area contributed by atoms with E-state index in [-0.39, 0.29) is 65.9 Å². The maximum Gasteiger partial charge on any atom is 0.453 e. The lowest BCUT2D eigenvalue weighted by Gasteiger charge is -2.40. The van der Waals surface area contributed by atoms with E-state index in [4.69, 9.17) is 9.72 Å². The lowest BCUT2D eigenvalue weighted by Crippen LogP contribution is -2.49. The Morgan fingerprint density at radius 2 is 1.58 bits per heavy atom. The van der Waals surface area contributed by atoms with Crippen LogP contribution in [0.3, 0.4) is 0 Å². The summed E-state index contributed by atoms with van der Waals surface area (Å²) in [6.45, 7) is 5.81. The number of hydrogen-bond donors (Lipinski definition) is 1. The van der Waals surface area contributed by atoms with Gasteiger partial charge in [0.1, 0.15) is 11.9 Å². The first kappa shape index (κ1) is 40.1. The van der Waals surface area contributed by atoms with Gasteiger partial charge in [0.2, 0.25) is 17.7 Å². The highest BCUT2D eigenvalue weighted by Crippen LogP contribution is 2.41. The van der Waals surface area contributed by atoms with Gasteiger partial charge in [0.15, 0.2) is 17.2 Å². The molecule has 2 unspecified atom stereocenters. The van der Waals surface area contributed by atoms with Crippen LogP contribution in [-0.2, 0) is 15.8 Å². The smallest absolute Gasteiger partial charge is 0.453 e. The average molecular weight is 855 g/mol. The molecule has 1 aliphatic carbocycles. The molecule has 0 saturated carbocycles. The third-order valence-electron chi connectivity index (χ3n) is 13.7. The number of piperidine rings is 3. The highest BCUT2D eigenvalue weighted by molar-refractivity contribution is 6.30. The molecule has 62 heavy (non-hydrogen) atoms. The summed E-state index contributed by atoms with van der Waals surface area (Å²) in [6.07, 6.45) is 1.52. The zero-order valence-corrected chi connectivity index (χ0v) is 33.8. The van der Waals surface area contributed by atoms with Gasteiger partial charge in [-0.1, -0.05) is 12.1 Å². The van der Waals surface area contributed by atoms with Gasteiger partial charge in [-0.3, -0.25) is 34.2 Å². The van der Waals surface area contributed by atoms with Crippen molar-refractivity contribution >= 4 is 46.4 Å². The Bertz CT molecular complexity index is 2430. The Hall–Kier alpha value is -5.98. The second kappa shape index (κ2) is 15.7. The second-order valence-corrected chi connectivity index (χ2v) is 17.4. The standard InChI is InChI=1S/C43H45F3N10O6/c44-43(45,46)42-50-49-33-9-11-35(51-56(33)42)62-28-20-26-5-6-27(21-28)55(26)41(61)25-4-8-32(47-22-25)54-18-16-52(17-19-54)23-24-12-14-53(15-13-24)31-3-1-2-29-36(31)39(59)37(38(29)58)30-7-10-34(57)48-40(30)60/h1-4,8-9,11,22,24,26-28,30,37H,5-7,10,12-21,23H2,(H,48,57,60)/t26-,27+,28+,30?,37?. The highest BCUT2D eigenvalue weighted by Gasteiger charge is 2.49. The van der Waals surface area contributed by atoms with Crippen molar-refractivity contribution in [2.24, 2.45) is 17.8 Å². The van der Waals surface area contributed by atoms with Gasteiger partial charge < -0.3 is 19.4 Å². The predicted molar refractivity (Wildman–Crippen MR) is 215 cm³/mol. The molecule has 5 saturated heterocycles. The minimum atomic E-state index is -4.71. The Morgan fingerprint density at radius 1 is 0.823 bits per heavy atom. The molecule has 0 spiro atoms. The Labute approximate surface area is 353 Å². The first-order chi connectivity index (χ1) is 29.9. The molecule has 324 valence electrons. The molecule has 1 aromatic carbocycles. The summed E-state index contributed by atoms with van der Waals surface area (Å²) in [5, 5.41) is 13.1. The number of alkyl halides is 3. The zero-order valence-electron chi connectivity index (χ0n) is 33.8. The van der Waals surface area contributed by atoms with Crippen molar-refractivity contribution in [3.8, 4) is 5.88 Å². The molecule has 2 bridgehead atoms. The number of nitrogens with one attached hydrogen (secondary N) is 1. The molecule has 4 aromatic rings. The zero-order chi connectivity index (χ0) is 42.9. The highest BCUT2D eigenvalue weighted by atomic mass is 19.4. The third kappa shape index (κ3) is 7.32. The normalized spacial score (nSPS) is 26.0. The van der Waals surface area contributed by atoms with E-state index in [2.05, 4.69) is 35.3 Å². The molecule has 5 atom stereocenters. The molecule has 5 fully saturated rings. The first-order valence-corrected chi connectivity index (χ1v) is 21.4. The minimum absolute atomic E-state index is 0.0304. The van der Waals surface area contributed by atoms with E-state index in [1.807, 2.05) is 23.1 Å². The fourth-order valence-corrected chi connectivity index (χ4v) is 10.6. The maximum atomic E-state index is 13.8. The van der Waals surface area contributed by atoms with Gasteiger partial charge in [-0.15, -0.1) is 15.3 Å². The summed E-state index contributed by atoms with van der Waals surface area (Å²) in [7, 11) is 0. The van der Waals surface area contributed by atoms with E-state index in [9.17, 15) is 37.1 Å². The van der Waals surface area contributed by atoms with Gasteiger partial charge in [-0.05, 0) is 62.3 Å². The van der Waals surface area contributed by atoms with Crippen molar-refractivity contribution in [3.63, 3.8) is 0 Å². The molecular formula is C43H45F3N10O6. The number of benzene rings is 1. The number of ketones is 2. The number of fused-ring (bicyclic) bond motifs is 4. The molecular weight excluding hydrogens is 810 g/mol. The fourth-order valence-electron chi connectivity index (χ4n) is 10.6. The van der Waals surface area contributed by atoms with Crippen molar-refractivity contribution in [1.82, 2.24) is 39.9 Å². The van der Waals surface area contributed by atoms with E-state index >= 15 is 0 Å². The van der Waals surface area contributed by atoms with Crippen LogP contribution >= 0.6 is 0 Å². The number of anilines is 2. The number of carbonyl (C=O) groups is 5. The molecule has 16 nitrogen and oxygen atoms in total. The number of piperazine rings is 1. The SMILES string of the molecule is O=C1CCC(C2C(=O)c3cccc(N4CCC(CN5CCN(c6ccc(C(=O)N7[C@@H]8CC[C@H]7C[C@@H](Oc7ccc9nnc(C(F)(F)F)n9n7)C8)cn6)CC5)CC4)c3C2=O)C(=O)N1. The van der Waals surface area contributed by atoms with Crippen LogP contribution in [0.1, 0.15) is 88.3 Å². The average Bonchev–Trinajstić information content (AvgIpc) is 3.90. The first-order valence-electron chi connectivity index (χ1n) is 21.4. The van der Waals surface area contributed by atoms with E-state index in [1.165, 1.54) is 12.1 Å². The quantitative estimate of drug-likeness (QED) is 0.200. The molecule has 3 aromatic heterocycles. The number of hydrogen-bond acceptors (Lipinski definition) is 13. The number of carbonyl (C=O) groups excluding carboxylic acids is 5. The fraction of sp³-hybridized carbons (Fsp3) is 0.512. The van der Waals surface area contributed by atoms with E-state index in [1.54, 1.807) is 18.3 Å². The van der Waals surface area contributed by atoms with Crippen molar-refractivity contribution in [2.75, 3.05) is 55.6 Å². The maximum absolute atomic E-state index is 13.8. The van der Waals surface area contributed by atoms with Gasteiger partial charge in [-0.2, -0.15) is 17.7 Å². The van der Waals surface area contributed by atoms with Gasteiger partial charge in [0.05, 0.1) is 23.0 Å². The van der Waals surface area contributed by atoms with E-state index in [0.717, 1.165) is 83.0 Å². The Kier molecular flexibility index (Phi) is 10.2. The molecule has 1 N–H and O–H groups in total. The van der Waals surface area contributed by atoms with Crippen molar-refractivity contribution in [1.29, 1.82) is 0 Å². The van der Waals surface area contributed by atoms with E-state index < -0.39 is 29.7 Å². The van der Waals surface area contributed by atoms with Crippen LogP contribution in [-0.4, -0.2) is 128 Å². The number of imide groups is 1. The lowest BCUT2D eigenvalue weighted by molar-refractivity contribution is -0.146. The topological polar surface area (TPSA) is 176 Å². The molecule has 6 aliphatic rings. The summed E-state index contributed by atoms with van der Waals surface area (Å²) in [6, 6.07) is 11.8. The second-order valence-electron chi connectivity index (χ2n) is 17.4. The van der Waals surface area contributed by atoms with Gasteiger partial charge in [-0.25, -0.2) is 4.98 Å². The van der Waals surface area contributed by atoms with Crippen LogP contribution in [0.15, 0.2) is 48.7 Å². The van der Waals surface area contributed by atoms with Crippen LogP contribution < -0.4 is 19.9 Å². The van der Waals surface area contributed by atoms with Crippen molar-refractivity contribution in [2.45, 2.75) is 75.7 Å². The summed E-state index contributed by atoms with van der Waals surface area (Å²) in [5.41, 5.74) is 2.00. The Morgan fingerprint density at radius 3 is 2.27 bits per heavy atom. The summed E-state index contributed by atoms with van der Waals surface area (Å²) >= 11 is 0. The lowest BCUT2D eigenvalue weighted by atomic mass is 9.82. The van der Waals surface area contributed by atoms with Crippen LogP contribution in [0.4, 0.5) is 24.7 Å². The van der Waals surface area contributed by atoms with Crippen LogP contribution in [0, 0.1) is 17.8 Å². The molecule has 8 heterocycles. The summed E-state index contributed by atoms with van der Waals surface area (Å²) in [4.78, 5) is 78.8. The molecule has 3 amide bonds. The van der Waals surface area contributed by atoms with Crippen molar-refractivity contribution in [3.05, 3.63) is 71.2 Å². The minimum Gasteiger partial charge on any atom is -0.473 e. The Balaban J connectivity index is 0.695. The third-order valence-corrected chi connectivity index (χ3v) is 13.7. The van der Waals surface area contributed by atoms with Crippen molar-refractivity contribution < 1.29 is 41.9 Å². The number of Topliss-reactive ketones (excluding diaryl/α,β-unsaturated/α-hetero) is 2. The van der Waals surface area contributed by atoms with Crippen LogP contribution in [0.5, 0.6) is 5.88 Å². The molecule has 5 aliphatic heterocycles. The van der Waals surface area contributed by atoms with E-state index in [0.29, 0.717) is 40.0 Å². The number of ether oxygens (including phenoxy) is 1. The van der Waals surface area contributed by atoms with Gasteiger partial charge in [0, 0.05) is 101 Å². The number of pyridine rings is 1. The largest absolute Gasteiger partial charge is 0.473 e. The number of amides is 3. The number of aromatic nitrogens is 5. The molecule has 19 heteroatoms. The molecule has 0 radical (unpaired) electrons. The molecule has 10 rings (SSSR count). The monoisotopic (exact) mass is 854 g/mol. The van der Waals surface area contributed by atoms with Crippen LogP contribution in [0.25, 0.3) is 5.65 Å². The van der Waals surface area contributed by atoms with Crippen LogP contribution in [0.2, 0.25) is 0 Å².